The average molecular weight is 302 g/mol. The van der Waals surface area contributed by atoms with Crippen molar-refractivity contribution in [2.45, 2.75) is 46.1 Å². The number of hydrogen-bond acceptors (Lipinski definition) is 3. The molecule has 2 atom stereocenters. The Morgan fingerprint density at radius 3 is 2.73 bits per heavy atom. The maximum Gasteiger partial charge on any atom is 0.335 e. The Morgan fingerprint density at radius 2 is 2.05 bits per heavy atom. The van der Waals surface area contributed by atoms with Gasteiger partial charge in [0.05, 0.1) is 5.56 Å². The van der Waals surface area contributed by atoms with Crippen molar-refractivity contribution >= 4 is 11.9 Å². The third kappa shape index (κ3) is 2.60. The SMILES string of the molecule is CC1(C)CC2CC(C)(CN2C(=O)c2cc(C(=O)O)ccn2)C1. The summed E-state index contributed by atoms with van der Waals surface area (Å²) in [6, 6.07) is 3.02. The van der Waals surface area contributed by atoms with Crippen molar-refractivity contribution in [2.24, 2.45) is 10.8 Å². The minimum atomic E-state index is -1.04. The molecule has 3 rings (SSSR count). The number of hydrogen-bond donors (Lipinski definition) is 1. The highest BCUT2D eigenvalue weighted by molar-refractivity contribution is 5.96. The minimum absolute atomic E-state index is 0.104. The third-order valence-electron chi connectivity index (χ3n) is 4.90. The fourth-order valence-electron chi connectivity index (χ4n) is 4.53. The van der Waals surface area contributed by atoms with Crippen molar-refractivity contribution in [1.29, 1.82) is 0 Å². The number of carbonyl (C=O) groups excluding carboxylic acids is 1. The highest BCUT2D eigenvalue weighted by atomic mass is 16.4. The van der Waals surface area contributed by atoms with E-state index in [4.69, 9.17) is 5.11 Å². The number of likely N-dealkylation sites (tertiary alicyclic amines) is 1. The lowest BCUT2D eigenvalue weighted by atomic mass is 9.65. The van der Waals surface area contributed by atoms with E-state index in [2.05, 4.69) is 25.8 Å². The van der Waals surface area contributed by atoms with Gasteiger partial charge in [0, 0.05) is 18.8 Å². The molecule has 0 spiro atoms. The van der Waals surface area contributed by atoms with Gasteiger partial charge in [-0.15, -0.1) is 0 Å². The van der Waals surface area contributed by atoms with Gasteiger partial charge in [-0.1, -0.05) is 20.8 Å². The number of fused-ring (bicyclic) bond motifs is 2. The predicted octanol–water partition coefficient (Wildman–Crippen LogP) is 2.82. The summed E-state index contributed by atoms with van der Waals surface area (Å²) in [6.45, 7) is 7.50. The largest absolute Gasteiger partial charge is 0.478 e. The maximum atomic E-state index is 12.8. The fraction of sp³-hybridized carbons (Fsp3) is 0.588. The molecule has 0 radical (unpaired) electrons. The van der Waals surface area contributed by atoms with Gasteiger partial charge in [0.15, 0.2) is 0 Å². The lowest BCUT2D eigenvalue weighted by molar-refractivity contribution is 0.0696. The molecule has 1 aromatic heterocycles. The smallest absolute Gasteiger partial charge is 0.335 e. The van der Waals surface area contributed by atoms with Crippen molar-refractivity contribution in [3.63, 3.8) is 0 Å². The number of carboxylic acid groups (broad SMARTS) is 1. The van der Waals surface area contributed by atoms with Crippen LogP contribution in [0.3, 0.4) is 0 Å². The zero-order chi connectivity index (χ0) is 16.1. The van der Waals surface area contributed by atoms with Gasteiger partial charge >= 0.3 is 5.97 Å². The molecule has 2 bridgehead atoms. The molecule has 2 aliphatic rings. The Labute approximate surface area is 130 Å². The summed E-state index contributed by atoms with van der Waals surface area (Å²) in [6.07, 6.45) is 4.53. The number of rotatable bonds is 2. The number of aromatic carboxylic acids is 1. The number of carboxylic acids is 1. The second kappa shape index (κ2) is 4.80. The van der Waals surface area contributed by atoms with Crippen molar-refractivity contribution in [3.05, 3.63) is 29.6 Å². The summed E-state index contributed by atoms with van der Waals surface area (Å²) in [4.78, 5) is 29.8. The van der Waals surface area contributed by atoms with Crippen LogP contribution in [-0.2, 0) is 0 Å². The quantitative estimate of drug-likeness (QED) is 0.912. The highest BCUT2D eigenvalue weighted by Gasteiger charge is 2.51. The third-order valence-corrected chi connectivity index (χ3v) is 4.90. The van der Waals surface area contributed by atoms with E-state index < -0.39 is 5.97 Å². The topological polar surface area (TPSA) is 70.5 Å². The molecule has 0 aromatic carbocycles. The van der Waals surface area contributed by atoms with E-state index in [0.717, 1.165) is 25.8 Å². The van der Waals surface area contributed by atoms with Crippen LogP contribution in [0, 0.1) is 10.8 Å². The zero-order valence-corrected chi connectivity index (χ0v) is 13.3. The van der Waals surface area contributed by atoms with Crippen molar-refractivity contribution in [3.8, 4) is 0 Å². The standard InChI is InChI=1S/C17H22N2O3/c1-16(2)7-12-8-17(3,9-16)10-19(12)14(20)13-6-11(15(21)22)4-5-18-13/h4-6,12H,7-10H2,1-3H3,(H,21,22). The normalized spacial score (nSPS) is 29.4. The first-order valence-electron chi connectivity index (χ1n) is 7.70. The highest BCUT2D eigenvalue weighted by Crippen LogP contribution is 2.52. The predicted molar refractivity (Wildman–Crippen MR) is 81.8 cm³/mol. The summed E-state index contributed by atoms with van der Waals surface area (Å²) < 4.78 is 0. The monoisotopic (exact) mass is 302 g/mol. The van der Waals surface area contributed by atoms with Gasteiger partial charge in [-0.25, -0.2) is 4.79 Å². The molecule has 22 heavy (non-hydrogen) atoms. The summed E-state index contributed by atoms with van der Waals surface area (Å²) in [7, 11) is 0. The Kier molecular flexibility index (Phi) is 3.27. The second-order valence-electron chi connectivity index (χ2n) is 7.88. The summed E-state index contributed by atoms with van der Waals surface area (Å²) in [5.41, 5.74) is 0.733. The summed E-state index contributed by atoms with van der Waals surface area (Å²) in [5.74, 6) is -1.18. The summed E-state index contributed by atoms with van der Waals surface area (Å²) in [5, 5.41) is 9.06. The molecule has 5 nitrogen and oxygen atoms in total. The molecule has 118 valence electrons. The van der Waals surface area contributed by atoms with E-state index >= 15 is 0 Å². The van der Waals surface area contributed by atoms with Gasteiger partial charge in [-0.3, -0.25) is 9.78 Å². The Balaban J connectivity index is 1.87. The van der Waals surface area contributed by atoms with Crippen LogP contribution in [0.25, 0.3) is 0 Å². The van der Waals surface area contributed by atoms with Crippen LogP contribution >= 0.6 is 0 Å². The average Bonchev–Trinajstić information content (AvgIpc) is 2.67. The van der Waals surface area contributed by atoms with Gasteiger partial charge < -0.3 is 10.0 Å². The molecule has 1 N–H and O–H groups in total. The number of amides is 1. The van der Waals surface area contributed by atoms with E-state index in [-0.39, 0.29) is 34.0 Å². The molecule has 1 amide bonds. The lowest BCUT2D eigenvalue weighted by Gasteiger charge is -2.39. The first kappa shape index (κ1) is 15.0. The van der Waals surface area contributed by atoms with Gasteiger partial charge in [-0.2, -0.15) is 0 Å². The molecule has 1 aliphatic carbocycles. The molecule has 1 saturated heterocycles. The Morgan fingerprint density at radius 1 is 1.32 bits per heavy atom. The van der Waals surface area contributed by atoms with Crippen LogP contribution < -0.4 is 0 Å². The summed E-state index contributed by atoms with van der Waals surface area (Å²) >= 11 is 0. The molecule has 2 unspecified atom stereocenters. The van der Waals surface area contributed by atoms with E-state index in [0.29, 0.717) is 0 Å². The molecular weight excluding hydrogens is 280 g/mol. The molecule has 1 aromatic rings. The van der Waals surface area contributed by atoms with Gasteiger partial charge in [0.1, 0.15) is 5.69 Å². The van der Waals surface area contributed by atoms with Gasteiger partial charge in [0.2, 0.25) is 0 Å². The van der Waals surface area contributed by atoms with Crippen LogP contribution in [0.4, 0.5) is 0 Å². The molecule has 2 heterocycles. The number of pyridine rings is 1. The van der Waals surface area contributed by atoms with E-state index in [1.807, 2.05) is 4.90 Å². The molecule has 2 fully saturated rings. The van der Waals surface area contributed by atoms with Crippen LogP contribution in [0.2, 0.25) is 0 Å². The lowest BCUT2D eigenvalue weighted by Crippen LogP contribution is -2.38. The Hall–Kier alpha value is -1.91. The van der Waals surface area contributed by atoms with E-state index in [9.17, 15) is 9.59 Å². The van der Waals surface area contributed by atoms with Gasteiger partial charge in [-0.05, 0) is 42.2 Å². The molecule has 1 aliphatic heterocycles. The maximum absolute atomic E-state index is 12.8. The van der Waals surface area contributed by atoms with E-state index in [1.54, 1.807) is 0 Å². The first-order chi connectivity index (χ1) is 10.2. The van der Waals surface area contributed by atoms with Crippen molar-refractivity contribution in [1.82, 2.24) is 9.88 Å². The van der Waals surface area contributed by atoms with Crippen molar-refractivity contribution in [2.75, 3.05) is 6.54 Å². The van der Waals surface area contributed by atoms with E-state index in [1.165, 1.54) is 18.3 Å². The second-order valence-corrected chi connectivity index (χ2v) is 7.88. The zero-order valence-electron chi connectivity index (χ0n) is 13.3. The number of nitrogens with zero attached hydrogens (tertiary/aromatic N) is 2. The molecular formula is C17H22N2O3. The van der Waals surface area contributed by atoms with Crippen LogP contribution in [0.5, 0.6) is 0 Å². The Bertz CT molecular complexity index is 641. The first-order valence-corrected chi connectivity index (χ1v) is 7.70. The molecule has 1 saturated carbocycles. The van der Waals surface area contributed by atoms with Crippen LogP contribution in [0.1, 0.15) is 60.9 Å². The number of aromatic nitrogens is 1. The minimum Gasteiger partial charge on any atom is -0.478 e. The molecule has 5 heteroatoms. The van der Waals surface area contributed by atoms with Crippen LogP contribution in [-0.4, -0.2) is 39.5 Å². The van der Waals surface area contributed by atoms with Gasteiger partial charge in [0.25, 0.3) is 5.91 Å². The van der Waals surface area contributed by atoms with Crippen LogP contribution in [0.15, 0.2) is 18.3 Å². The number of carbonyl (C=O) groups is 2. The fourth-order valence-corrected chi connectivity index (χ4v) is 4.53. The van der Waals surface area contributed by atoms with Crippen molar-refractivity contribution < 1.29 is 14.7 Å².